The van der Waals surface area contributed by atoms with Crippen LogP contribution in [-0.2, 0) is 4.79 Å². The van der Waals surface area contributed by atoms with Gasteiger partial charge in [0.05, 0.1) is 19.1 Å². The zero-order chi connectivity index (χ0) is 12.3. The van der Waals surface area contributed by atoms with Crippen LogP contribution in [0.4, 0.5) is 0 Å². The lowest BCUT2D eigenvalue weighted by molar-refractivity contribution is -0.116. The van der Waals surface area contributed by atoms with Crippen LogP contribution in [0.5, 0.6) is 5.88 Å². The maximum absolute atomic E-state index is 11.7. The summed E-state index contributed by atoms with van der Waals surface area (Å²) in [5.74, 6) is -0.349. The number of rotatable bonds is 4. The van der Waals surface area contributed by atoms with Crippen molar-refractivity contribution in [3.8, 4) is 5.88 Å². The van der Waals surface area contributed by atoms with Gasteiger partial charge in [0.2, 0.25) is 5.88 Å². The molecule has 16 heavy (non-hydrogen) atoms. The quantitative estimate of drug-likeness (QED) is 0.461. The highest BCUT2D eigenvalue weighted by atomic mass is 35.5. The topological polar surface area (TPSA) is 56.3 Å². The van der Waals surface area contributed by atoms with E-state index in [9.17, 15) is 9.59 Å². The van der Waals surface area contributed by atoms with Crippen LogP contribution in [0.15, 0.2) is 6.07 Å². The number of nitrogens with zero attached hydrogens (tertiary/aromatic N) is 1. The minimum absolute atomic E-state index is 0.154. The second kappa shape index (κ2) is 5.07. The van der Waals surface area contributed by atoms with Gasteiger partial charge in [-0.15, -0.1) is 0 Å². The van der Waals surface area contributed by atoms with Crippen molar-refractivity contribution in [2.75, 3.05) is 7.11 Å². The Morgan fingerprint density at radius 3 is 2.62 bits per heavy atom. The number of ketones is 2. The molecule has 0 aliphatic rings. The third kappa shape index (κ3) is 2.79. The van der Waals surface area contributed by atoms with Gasteiger partial charge in [0, 0.05) is 0 Å². The molecule has 1 heterocycles. The van der Waals surface area contributed by atoms with Crippen LogP contribution in [0.1, 0.15) is 29.3 Å². The van der Waals surface area contributed by atoms with Crippen molar-refractivity contribution >= 4 is 23.2 Å². The van der Waals surface area contributed by atoms with E-state index < -0.39 is 0 Å². The van der Waals surface area contributed by atoms with Gasteiger partial charge in [-0.25, -0.2) is 4.98 Å². The standard InChI is InChI=1S/C11H12ClNO3/c1-6-4-8(9(15)5-7(2)14)11(16-3)13-10(6)12/h4H,5H2,1-3H3. The number of hydrogen-bond acceptors (Lipinski definition) is 4. The number of ether oxygens (including phenoxy) is 1. The van der Waals surface area contributed by atoms with Crippen LogP contribution >= 0.6 is 11.6 Å². The van der Waals surface area contributed by atoms with Crippen LogP contribution in [-0.4, -0.2) is 23.7 Å². The van der Waals surface area contributed by atoms with E-state index in [2.05, 4.69) is 4.98 Å². The highest BCUT2D eigenvalue weighted by Crippen LogP contribution is 2.23. The summed E-state index contributed by atoms with van der Waals surface area (Å²) in [6, 6.07) is 1.58. The Kier molecular flexibility index (Phi) is 4.01. The molecule has 0 saturated carbocycles. The van der Waals surface area contributed by atoms with Crippen LogP contribution in [0.3, 0.4) is 0 Å². The van der Waals surface area contributed by atoms with Gasteiger partial charge in [0.25, 0.3) is 0 Å². The van der Waals surface area contributed by atoms with Gasteiger partial charge >= 0.3 is 0 Å². The number of hydrogen-bond donors (Lipinski definition) is 0. The summed E-state index contributed by atoms with van der Waals surface area (Å²) in [5, 5.41) is 0.288. The van der Waals surface area contributed by atoms with E-state index in [4.69, 9.17) is 16.3 Å². The molecule has 0 fully saturated rings. The molecule has 1 aromatic heterocycles. The Bertz CT molecular complexity index is 443. The molecule has 0 unspecified atom stereocenters. The molecule has 1 rings (SSSR count). The number of halogens is 1. The largest absolute Gasteiger partial charge is 0.480 e. The Morgan fingerprint density at radius 2 is 2.12 bits per heavy atom. The summed E-state index contributed by atoms with van der Waals surface area (Å²) in [7, 11) is 1.40. The molecule has 1 aromatic rings. The molecular weight excluding hydrogens is 230 g/mol. The van der Waals surface area contributed by atoms with Crippen molar-refractivity contribution in [2.24, 2.45) is 0 Å². The number of carbonyl (C=O) groups is 2. The fourth-order valence-electron chi connectivity index (χ4n) is 1.25. The van der Waals surface area contributed by atoms with Gasteiger partial charge < -0.3 is 4.74 Å². The molecule has 0 aliphatic carbocycles. The van der Waals surface area contributed by atoms with Gasteiger partial charge in [-0.05, 0) is 25.5 Å². The normalized spacial score (nSPS) is 10.0. The van der Waals surface area contributed by atoms with E-state index in [-0.39, 0.29) is 29.0 Å². The first-order chi connectivity index (χ1) is 7.45. The Labute approximate surface area is 98.6 Å². The predicted octanol–water partition coefficient (Wildman–Crippen LogP) is 2.21. The molecule has 86 valence electrons. The van der Waals surface area contributed by atoms with Crippen LogP contribution in [0.2, 0.25) is 5.15 Å². The first-order valence-corrected chi connectivity index (χ1v) is 5.07. The number of methoxy groups -OCH3 is 1. The van der Waals surface area contributed by atoms with E-state index in [1.807, 2.05) is 0 Å². The van der Waals surface area contributed by atoms with Crippen molar-refractivity contribution in [1.29, 1.82) is 0 Å². The SMILES string of the molecule is COc1nc(Cl)c(C)cc1C(=O)CC(C)=O. The average molecular weight is 242 g/mol. The van der Waals surface area contributed by atoms with Crippen LogP contribution < -0.4 is 4.74 Å². The number of aryl methyl sites for hydroxylation is 1. The van der Waals surface area contributed by atoms with Crippen molar-refractivity contribution in [1.82, 2.24) is 4.98 Å². The summed E-state index contributed by atoms with van der Waals surface area (Å²) in [4.78, 5) is 26.5. The Morgan fingerprint density at radius 1 is 1.50 bits per heavy atom. The predicted molar refractivity (Wildman–Crippen MR) is 60.2 cm³/mol. The molecular formula is C11H12ClNO3. The van der Waals surface area contributed by atoms with Crippen LogP contribution in [0.25, 0.3) is 0 Å². The Hall–Kier alpha value is -1.42. The van der Waals surface area contributed by atoms with Gasteiger partial charge in [0.1, 0.15) is 10.9 Å². The van der Waals surface area contributed by atoms with E-state index in [1.54, 1.807) is 13.0 Å². The third-order valence-electron chi connectivity index (χ3n) is 2.02. The summed E-state index contributed by atoms with van der Waals surface area (Å²) < 4.78 is 4.96. The zero-order valence-corrected chi connectivity index (χ0v) is 10.1. The summed E-state index contributed by atoms with van der Waals surface area (Å²) in [5.41, 5.74) is 0.967. The van der Waals surface area contributed by atoms with E-state index in [0.717, 1.165) is 0 Å². The molecule has 0 amide bonds. The number of pyridine rings is 1. The minimum atomic E-state index is -0.309. The lowest BCUT2D eigenvalue weighted by Crippen LogP contribution is -2.08. The fourth-order valence-corrected chi connectivity index (χ4v) is 1.38. The number of Topliss-reactive ketones (excluding diaryl/α,β-unsaturated/α-hetero) is 2. The number of carbonyl (C=O) groups excluding carboxylic acids is 2. The first-order valence-electron chi connectivity index (χ1n) is 4.69. The molecule has 0 saturated heterocycles. The fraction of sp³-hybridized carbons (Fsp3) is 0.364. The van der Waals surface area contributed by atoms with Gasteiger partial charge in [0.15, 0.2) is 5.78 Å². The molecule has 0 aromatic carbocycles. The van der Waals surface area contributed by atoms with Gasteiger partial charge in [-0.2, -0.15) is 0 Å². The molecule has 0 spiro atoms. The average Bonchev–Trinajstić information content (AvgIpc) is 2.20. The second-order valence-electron chi connectivity index (χ2n) is 3.45. The lowest BCUT2D eigenvalue weighted by Gasteiger charge is -2.07. The lowest BCUT2D eigenvalue weighted by atomic mass is 10.1. The molecule has 0 atom stereocenters. The van der Waals surface area contributed by atoms with E-state index in [1.165, 1.54) is 14.0 Å². The zero-order valence-electron chi connectivity index (χ0n) is 9.33. The van der Waals surface area contributed by atoms with Crippen LogP contribution in [0, 0.1) is 6.92 Å². The maximum atomic E-state index is 11.7. The first kappa shape index (κ1) is 12.6. The molecule has 0 N–H and O–H groups in total. The molecule has 0 bridgehead atoms. The highest BCUT2D eigenvalue weighted by molar-refractivity contribution is 6.30. The monoisotopic (exact) mass is 241 g/mol. The van der Waals surface area contributed by atoms with Gasteiger partial charge in [-0.1, -0.05) is 11.6 Å². The smallest absolute Gasteiger partial charge is 0.225 e. The van der Waals surface area contributed by atoms with E-state index >= 15 is 0 Å². The summed E-state index contributed by atoms with van der Waals surface area (Å²) >= 11 is 5.81. The van der Waals surface area contributed by atoms with Crippen molar-refractivity contribution in [3.63, 3.8) is 0 Å². The van der Waals surface area contributed by atoms with Crippen molar-refractivity contribution < 1.29 is 14.3 Å². The molecule has 0 radical (unpaired) electrons. The minimum Gasteiger partial charge on any atom is -0.480 e. The maximum Gasteiger partial charge on any atom is 0.225 e. The molecule has 4 nitrogen and oxygen atoms in total. The highest BCUT2D eigenvalue weighted by Gasteiger charge is 2.17. The number of aromatic nitrogens is 1. The summed E-state index contributed by atoms with van der Waals surface area (Å²) in [6.45, 7) is 3.10. The second-order valence-corrected chi connectivity index (χ2v) is 3.81. The summed E-state index contributed by atoms with van der Waals surface area (Å²) in [6.07, 6.45) is -0.154. The molecule has 5 heteroatoms. The van der Waals surface area contributed by atoms with E-state index in [0.29, 0.717) is 11.1 Å². The van der Waals surface area contributed by atoms with Gasteiger partial charge in [-0.3, -0.25) is 9.59 Å². The van der Waals surface area contributed by atoms with Crippen molar-refractivity contribution in [3.05, 3.63) is 22.3 Å². The Balaban J connectivity index is 3.16. The third-order valence-corrected chi connectivity index (χ3v) is 2.40. The van der Waals surface area contributed by atoms with Crippen molar-refractivity contribution in [2.45, 2.75) is 20.3 Å². The molecule has 0 aliphatic heterocycles.